The molecule has 0 nitrogen and oxygen atoms in total. The summed E-state index contributed by atoms with van der Waals surface area (Å²) in [6.45, 7) is 9.48. The molecule has 0 aliphatic heterocycles. The molecule has 2 atom stereocenters. The predicted octanol–water partition coefficient (Wildman–Crippen LogP) is 15.2. The number of halogens is 2. The minimum atomic E-state index is -4.92. The summed E-state index contributed by atoms with van der Waals surface area (Å²) < 4.78 is 0.0537. The molecule has 0 bridgehead atoms. The number of allylic oxidation sites excluding steroid dienone is 2. The summed E-state index contributed by atoms with van der Waals surface area (Å²) >= 11 is -4.92. The van der Waals surface area contributed by atoms with Crippen molar-refractivity contribution in [1.29, 1.82) is 0 Å². The average molecular weight is 832 g/mol. The Hall–Kier alpha value is -4.04. The van der Waals surface area contributed by atoms with Crippen molar-refractivity contribution in [1.82, 2.24) is 0 Å². The van der Waals surface area contributed by atoms with Crippen molar-refractivity contribution in [3.8, 4) is 22.3 Å². The van der Waals surface area contributed by atoms with Gasteiger partial charge in [0.1, 0.15) is 0 Å². The molecule has 2 aliphatic rings. The number of rotatable bonds is 5. The van der Waals surface area contributed by atoms with E-state index in [0.717, 1.165) is 0 Å². The van der Waals surface area contributed by atoms with Crippen LogP contribution in [0.4, 0.5) is 0 Å². The summed E-state index contributed by atoms with van der Waals surface area (Å²) in [5.41, 5.74) is 13.0. The fourth-order valence-electron chi connectivity index (χ4n) is 10.4. The number of hydrogen-bond acceptors (Lipinski definition) is 0. The van der Waals surface area contributed by atoms with E-state index < -0.39 is 21.5 Å². The third-order valence-electron chi connectivity index (χ3n) is 12.8. The number of fused-ring (bicyclic) bond motifs is 6. The summed E-state index contributed by atoms with van der Waals surface area (Å²) in [5, 5.41) is 10.1. The Morgan fingerprint density at radius 2 is 0.778 bits per heavy atom. The minimum absolute atomic E-state index is 0.0268. The number of benzene rings is 8. The van der Waals surface area contributed by atoms with Crippen molar-refractivity contribution in [3.05, 3.63) is 179 Å². The van der Waals surface area contributed by atoms with Crippen LogP contribution in [-0.2, 0) is 15.6 Å². The third kappa shape index (κ3) is 4.83. The first-order valence-electron chi connectivity index (χ1n) is 19.2. The van der Waals surface area contributed by atoms with Crippen LogP contribution in [0.5, 0.6) is 0 Å². The number of hydrogen-bond donors (Lipinski definition) is 0. The van der Waals surface area contributed by atoms with Crippen LogP contribution in [0.1, 0.15) is 43.4 Å². The Bertz CT molecular complexity index is 2650. The van der Waals surface area contributed by atoms with Crippen molar-refractivity contribution in [3.63, 3.8) is 0 Å². The monoisotopic (exact) mass is 829 g/mol. The average Bonchev–Trinajstić information content (AvgIpc) is 3.72. The van der Waals surface area contributed by atoms with Gasteiger partial charge in [-0.05, 0) is 0 Å². The van der Waals surface area contributed by atoms with Crippen molar-refractivity contribution in [2.45, 2.75) is 34.2 Å². The van der Waals surface area contributed by atoms with E-state index in [4.69, 9.17) is 17.0 Å². The van der Waals surface area contributed by atoms with Crippen LogP contribution in [0.25, 0.3) is 77.5 Å². The van der Waals surface area contributed by atoms with Crippen molar-refractivity contribution >= 4 is 78.2 Å². The molecule has 8 aromatic rings. The van der Waals surface area contributed by atoms with Gasteiger partial charge in [0.15, 0.2) is 0 Å². The van der Waals surface area contributed by atoms with Crippen LogP contribution in [0, 0.1) is 0 Å². The standard InChI is InChI=1S/2C24H17.C2H7Si.2ClH.Zr/c2*1-16-13-17-9-6-12-22(23(17)14-16)24-20-10-4-2-7-18(20)15-19-8-3-5-11-21(19)24;1-3-2;;;/h2*2-15H,1H3;3H,1-2H3;2*1H;/q;;;;;+2/p-2. The van der Waals surface area contributed by atoms with Crippen LogP contribution in [0.3, 0.4) is 0 Å². The molecular weight excluding hydrogens is 791 g/mol. The first kappa shape index (κ1) is 34.5. The maximum absolute atomic E-state index is 8.72. The quantitative estimate of drug-likeness (QED) is 0.120. The molecule has 8 aromatic carbocycles. The second-order valence-electron chi connectivity index (χ2n) is 16.0. The van der Waals surface area contributed by atoms with Gasteiger partial charge in [0.2, 0.25) is 0 Å². The molecule has 2 unspecified atom stereocenters. The normalized spacial score (nSPS) is 17.5. The molecule has 0 heterocycles. The molecule has 2 aliphatic carbocycles. The summed E-state index contributed by atoms with van der Waals surface area (Å²) in [6, 6.07) is 53.7. The Kier molecular flexibility index (Phi) is 7.97. The summed E-state index contributed by atoms with van der Waals surface area (Å²) in [7, 11) is 17.4. The second-order valence-corrected chi connectivity index (χ2v) is 58.5. The Morgan fingerprint density at radius 1 is 0.444 bits per heavy atom. The van der Waals surface area contributed by atoms with E-state index in [1.807, 2.05) is 0 Å². The van der Waals surface area contributed by atoms with E-state index in [9.17, 15) is 0 Å². The molecule has 0 N–H and O–H groups in total. The van der Waals surface area contributed by atoms with Crippen molar-refractivity contribution in [2.75, 3.05) is 0 Å². The van der Waals surface area contributed by atoms with E-state index in [1.54, 1.807) is 0 Å². The van der Waals surface area contributed by atoms with E-state index in [1.165, 1.54) is 98.7 Å². The van der Waals surface area contributed by atoms with Gasteiger partial charge in [-0.3, -0.25) is 0 Å². The van der Waals surface area contributed by atoms with E-state index in [2.05, 4.69) is 185 Å². The topological polar surface area (TPSA) is 0 Å². The van der Waals surface area contributed by atoms with Crippen LogP contribution in [0.2, 0.25) is 13.1 Å². The zero-order valence-corrected chi connectivity index (χ0v) is 36.1. The third-order valence-corrected chi connectivity index (χ3v) is 65.1. The molecule has 10 rings (SSSR count). The van der Waals surface area contributed by atoms with E-state index >= 15 is 0 Å². The van der Waals surface area contributed by atoms with E-state index in [-0.39, 0.29) is 7.25 Å². The fraction of sp³-hybridized carbons (Fsp3) is 0.120. The molecule has 0 amide bonds. The van der Waals surface area contributed by atoms with Gasteiger partial charge in [-0.25, -0.2) is 0 Å². The zero-order valence-electron chi connectivity index (χ0n) is 31.0. The Morgan fingerprint density at radius 3 is 1.11 bits per heavy atom. The van der Waals surface area contributed by atoms with Gasteiger partial charge in [-0.15, -0.1) is 0 Å². The summed E-state index contributed by atoms with van der Waals surface area (Å²) in [4.78, 5) is 0. The SMILES string of the molecule is CC1=Cc2c(-c3c4ccccc4cc4ccccc34)cccc2[CH]1[Zr]([Cl])([Cl])([CH]1C(C)=Cc2c(-c3c4ccccc4cc4ccccc34)cccc21)[SiH](C)C. The molecule has 0 saturated carbocycles. The molecule has 0 radical (unpaired) electrons. The summed E-state index contributed by atoms with van der Waals surface area (Å²) in [5.74, 6) is -1.70. The van der Waals surface area contributed by atoms with Crippen LogP contribution in [0.15, 0.2) is 157 Å². The Balaban J connectivity index is 1.19. The molecular formula is C50H41Cl2SiZr. The molecule has 0 saturated heterocycles. The van der Waals surface area contributed by atoms with Crippen LogP contribution < -0.4 is 0 Å². The van der Waals surface area contributed by atoms with Crippen molar-refractivity contribution in [2.24, 2.45) is 0 Å². The first-order chi connectivity index (χ1) is 26.1. The molecule has 4 heteroatoms. The molecule has 263 valence electrons. The van der Waals surface area contributed by atoms with Gasteiger partial charge >= 0.3 is 329 Å². The van der Waals surface area contributed by atoms with E-state index in [0.29, 0.717) is 0 Å². The molecule has 0 fully saturated rings. The van der Waals surface area contributed by atoms with Gasteiger partial charge in [0.05, 0.1) is 0 Å². The molecule has 0 spiro atoms. The van der Waals surface area contributed by atoms with Gasteiger partial charge < -0.3 is 0 Å². The summed E-state index contributed by atoms with van der Waals surface area (Å²) in [6.07, 6.45) is 4.88. The van der Waals surface area contributed by atoms with Gasteiger partial charge in [0.25, 0.3) is 0 Å². The van der Waals surface area contributed by atoms with Gasteiger partial charge in [-0.2, -0.15) is 0 Å². The molecule has 0 aromatic heterocycles. The molecule has 54 heavy (non-hydrogen) atoms. The van der Waals surface area contributed by atoms with Gasteiger partial charge in [0, 0.05) is 0 Å². The predicted molar refractivity (Wildman–Crippen MR) is 237 cm³/mol. The fourth-order valence-corrected chi connectivity index (χ4v) is 43.4. The first-order valence-corrected chi connectivity index (χ1v) is 35.5. The maximum atomic E-state index is 8.72. The van der Waals surface area contributed by atoms with Crippen LogP contribution >= 0.6 is 17.0 Å². The Labute approximate surface area is 326 Å². The second kappa shape index (κ2) is 12.5. The van der Waals surface area contributed by atoms with Crippen LogP contribution in [-0.4, -0.2) is 5.92 Å². The van der Waals surface area contributed by atoms with Crippen molar-refractivity contribution < 1.29 is 15.6 Å². The van der Waals surface area contributed by atoms with Gasteiger partial charge in [-0.1, -0.05) is 0 Å². The zero-order chi connectivity index (χ0) is 37.0.